The van der Waals surface area contributed by atoms with Gasteiger partial charge in [-0.2, -0.15) is 0 Å². The number of rotatable bonds is 2. The molecule has 0 spiro atoms. The van der Waals surface area contributed by atoms with E-state index in [1.807, 2.05) is 0 Å². The molecular weight excluding hydrogens is 220 g/mol. The Balaban J connectivity index is 2.63. The van der Waals surface area contributed by atoms with Gasteiger partial charge in [-0.05, 0) is 0 Å². The van der Waals surface area contributed by atoms with Crippen LogP contribution in [0.1, 0.15) is 13.3 Å². The summed E-state index contributed by atoms with van der Waals surface area (Å²) >= 11 is 1.27. The molecule has 0 N–H and O–H groups in total. The molecule has 0 fully saturated rings. The van der Waals surface area contributed by atoms with Crippen molar-refractivity contribution in [1.82, 2.24) is 0 Å². The third-order valence-electron chi connectivity index (χ3n) is 0.576. The second kappa shape index (κ2) is 4.94. The summed E-state index contributed by atoms with van der Waals surface area (Å²) < 4.78 is 0.566. The summed E-state index contributed by atoms with van der Waals surface area (Å²) in [6, 6.07) is 0. The van der Waals surface area contributed by atoms with Crippen molar-refractivity contribution in [1.29, 1.82) is 0 Å². The third-order valence-corrected chi connectivity index (χ3v) is 4.21. The van der Waals surface area contributed by atoms with Gasteiger partial charge in [0.15, 0.2) is 0 Å². The van der Waals surface area contributed by atoms with Crippen LogP contribution in [0, 0.1) is 38.4 Å². The SMILES string of the molecule is CCC[P](C)[Pr]. The van der Waals surface area contributed by atoms with E-state index in [-0.39, 0.29) is 0 Å². The Kier molecular flexibility index (Phi) is 6.42. The van der Waals surface area contributed by atoms with Gasteiger partial charge in [0.25, 0.3) is 0 Å². The van der Waals surface area contributed by atoms with Gasteiger partial charge in [0.2, 0.25) is 0 Å². The van der Waals surface area contributed by atoms with E-state index in [0.29, 0.717) is 2.74 Å². The Morgan fingerprint density at radius 1 is 1.67 bits per heavy atom. The summed E-state index contributed by atoms with van der Waals surface area (Å²) in [5.74, 6) is 0. The predicted octanol–water partition coefficient (Wildman–Crippen LogP) is 1.97. The van der Waals surface area contributed by atoms with Crippen LogP contribution >= 0.6 is 2.74 Å². The first-order valence-electron chi connectivity index (χ1n) is 2.23. The molecule has 0 aliphatic heterocycles. The number of hydrogen-bond donors (Lipinski definition) is 0. The Labute approximate surface area is 66.5 Å². The van der Waals surface area contributed by atoms with Gasteiger partial charge in [-0.15, -0.1) is 0 Å². The van der Waals surface area contributed by atoms with Gasteiger partial charge in [0.1, 0.15) is 0 Å². The zero-order chi connectivity index (χ0) is 4.99. The van der Waals surface area contributed by atoms with E-state index >= 15 is 0 Å². The van der Waals surface area contributed by atoms with Crippen molar-refractivity contribution in [2.24, 2.45) is 0 Å². The fraction of sp³-hybridized carbons (Fsp3) is 1.00. The summed E-state index contributed by atoms with van der Waals surface area (Å²) in [7, 11) is 0. The maximum absolute atomic E-state index is 2.39. The molecule has 0 saturated carbocycles. The molecule has 6 heavy (non-hydrogen) atoms. The van der Waals surface area contributed by atoms with Crippen LogP contribution in [0.3, 0.4) is 0 Å². The van der Waals surface area contributed by atoms with Crippen LogP contribution in [-0.2, 0) is 0 Å². The quantitative estimate of drug-likeness (QED) is 0.636. The zero-order valence-electron chi connectivity index (χ0n) is 4.44. The predicted molar refractivity (Wildman–Crippen MR) is 28.0 cm³/mol. The average molecular weight is 230 g/mol. The molecule has 34 valence electrons. The van der Waals surface area contributed by atoms with Crippen LogP contribution in [0.2, 0.25) is 0 Å². The summed E-state index contributed by atoms with van der Waals surface area (Å²) in [6.45, 7) is 4.66. The molecular formula is C4H10PPr. The van der Waals surface area contributed by atoms with Crippen molar-refractivity contribution in [3.8, 4) is 0 Å². The van der Waals surface area contributed by atoms with Crippen LogP contribution in [0.5, 0.6) is 0 Å². The molecule has 0 bridgehead atoms. The molecule has 1 atom stereocenters. The van der Waals surface area contributed by atoms with E-state index in [4.69, 9.17) is 0 Å². The molecule has 0 aliphatic carbocycles. The minimum absolute atomic E-state index is 0.566. The summed E-state index contributed by atoms with van der Waals surface area (Å²) in [5, 5.41) is 0. The van der Waals surface area contributed by atoms with E-state index in [1.165, 1.54) is 51.0 Å². The van der Waals surface area contributed by atoms with Crippen molar-refractivity contribution in [3.05, 3.63) is 0 Å². The Morgan fingerprint density at radius 3 is 2.17 bits per heavy atom. The molecule has 0 amide bonds. The molecule has 0 radical (unpaired) electrons. The summed E-state index contributed by atoms with van der Waals surface area (Å²) in [4.78, 5) is 0. The Bertz CT molecular complexity index is 28.7. The maximum atomic E-state index is 2.39. The third kappa shape index (κ3) is 5.79. The molecule has 0 aliphatic rings. The molecule has 0 aromatic rings. The fourth-order valence-corrected chi connectivity index (χ4v) is 3.54. The normalized spacial score (nSPS) is 14.2. The monoisotopic (exact) mass is 230 g/mol. The van der Waals surface area contributed by atoms with Gasteiger partial charge in [-0.3, -0.25) is 0 Å². The van der Waals surface area contributed by atoms with Crippen LogP contribution in [0.4, 0.5) is 0 Å². The second-order valence-electron chi connectivity index (χ2n) is 1.48. The molecule has 0 aromatic heterocycles. The van der Waals surface area contributed by atoms with Gasteiger partial charge in [-0.1, -0.05) is 0 Å². The summed E-state index contributed by atoms with van der Waals surface area (Å²) in [5.41, 5.74) is 0. The first-order valence-corrected chi connectivity index (χ1v) is 9.24. The Morgan fingerprint density at radius 2 is 2.17 bits per heavy atom. The van der Waals surface area contributed by atoms with Crippen molar-refractivity contribution in [2.75, 3.05) is 12.8 Å². The summed E-state index contributed by atoms with van der Waals surface area (Å²) in [6.07, 6.45) is 2.92. The van der Waals surface area contributed by atoms with Crippen LogP contribution in [-0.4, -0.2) is 12.8 Å². The molecule has 0 heterocycles. The van der Waals surface area contributed by atoms with Crippen molar-refractivity contribution in [2.45, 2.75) is 13.3 Å². The molecule has 2 heteroatoms. The first kappa shape index (κ1) is 7.79. The molecule has 0 aromatic carbocycles. The Hall–Kier alpha value is 1.79. The van der Waals surface area contributed by atoms with E-state index in [2.05, 4.69) is 13.6 Å². The molecule has 0 saturated heterocycles. The van der Waals surface area contributed by atoms with Gasteiger partial charge in [0, 0.05) is 0 Å². The second-order valence-corrected chi connectivity index (χ2v) is 11.9. The van der Waals surface area contributed by atoms with E-state index < -0.39 is 0 Å². The van der Waals surface area contributed by atoms with Crippen molar-refractivity contribution < 1.29 is 38.4 Å². The average Bonchev–Trinajstić information content (AvgIpc) is 1.35. The van der Waals surface area contributed by atoms with Gasteiger partial charge >= 0.3 is 67.3 Å². The van der Waals surface area contributed by atoms with E-state index in [1.54, 1.807) is 0 Å². The van der Waals surface area contributed by atoms with Gasteiger partial charge < -0.3 is 0 Å². The topological polar surface area (TPSA) is 0 Å². The van der Waals surface area contributed by atoms with Crippen LogP contribution in [0.25, 0.3) is 0 Å². The first-order chi connectivity index (χ1) is 2.77. The standard InChI is InChI=1S/C4H10P.Pr/c1-3-4-5-2;/h3-4H2,1-2H3;/q-1;+1. The molecule has 0 nitrogen and oxygen atoms in total. The van der Waals surface area contributed by atoms with Crippen molar-refractivity contribution in [3.63, 3.8) is 0 Å². The molecule has 1 unspecified atom stereocenters. The number of hydrogen-bond acceptors (Lipinski definition) is 0. The van der Waals surface area contributed by atoms with E-state index in [9.17, 15) is 0 Å². The fourth-order valence-electron chi connectivity index (χ4n) is 0.353. The van der Waals surface area contributed by atoms with Gasteiger partial charge in [-0.25, -0.2) is 0 Å². The molecule has 0 rings (SSSR count). The van der Waals surface area contributed by atoms with Crippen LogP contribution < -0.4 is 0 Å². The zero-order valence-corrected chi connectivity index (χ0v) is 9.04. The van der Waals surface area contributed by atoms with Crippen molar-refractivity contribution >= 4 is 2.74 Å². The van der Waals surface area contributed by atoms with Gasteiger partial charge in [0.05, 0.1) is 0 Å². The van der Waals surface area contributed by atoms with E-state index in [0.717, 1.165) is 0 Å². The van der Waals surface area contributed by atoms with Crippen LogP contribution in [0.15, 0.2) is 0 Å². The minimum atomic E-state index is 0.566.